The Labute approximate surface area is 188 Å². The van der Waals surface area contributed by atoms with Crippen LogP contribution in [-0.4, -0.2) is 41.2 Å². The fraction of sp³-hybridized carbons (Fsp3) is 0.417. The number of methoxy groups -OCH3 is 2. The Balaban J connectivity index is 1.82. The molecule has 172 valence electrons. The lowest BCUT2D eigenvalue weighted by Crippen LogP contribution is -2.42. The van der Waals surface area contributed by atoms with Crippen LogP contribution in [0.5, 0.6) is 0 Å². The van der Waals surface area contributed by atoms with E-state index < -0.39 is 27.5 Å². The Bertz CT molecular complexity index is 1130. The van der Waals surface area contributed by atoms with Crippen LogP contribution < -0.4 is 0 Å². The molecule has 3 rings (SSSR count). The number of benzene rings is 2. The second kappa shape index (κ2) is 9.03. The minimum atomic E-state index is -3.85. The molecule has 0 spiro atoms. The van der Waals surface area contributed by atoms with Gasteiger partial charge in [0.25, 0.3) is 10.1 Å². The number of hydrogen-bond acceptors (Lipinski definition) is 7. The first-order chi connectivity index (χ1) is 15.1. The van der Waals surface area contributed by atoms with Crippen molar-refractivity contribution in [3.05, 3.63) is 63.7 Å². The predicted octanol–water partition coefficient (Wildman–Crippen LogP) is 2.99. The van der Waals surface area contributed by atoms with Gasteiger partial charge in [-0.2, -0.15) is 8.42 Å². The molecular formula is C24H28O7S. The summed E-state index contributed by atoms with van der Waals surface area (Å²) >= 11 is 0. The minimum absolute atomic E-state index is 0.0194. The van der Waals surface area contributed by atoms with Crippen molar-refractivity contribution >= 4 is 22.1 Å². The van der Waals surface area contributed by atoms with Crippen molar-refractivity contribution < 1.29 is 31.7 Å². The summed E-state index contributed by atoms with van der Waals surface area (Å²) in [6.07, 6.45) is 0.770. The average molecular weight is 461 g/mol. The quantitative estimate of drug-likeness (QED) is 0.356. The third-order valence-electron chi connectivity index (χ3n) is 6.19. The molecule has 0 radical (unpaired) electrons. The van der Waals surface area contributed by atoms with Crippen molar-refractivity contribution in [1.82, 2.24) is 0 Å². The predicted molar refractivity (Wildman–Crippen MR) is 118 cm³/mol. The summed E-state index contributed by atoms with van der Waals surface area (Å²) < 4.78 is 40.0. The summed E-state index contributed by atoms with van der Waals surface area (Å²) in [5.74, 6) is -1.23. The molecule has 0 unspecified atom stereocenters. The van der Waals surface area contributed by atoms with Gasteiger partial charge in [0.05, 0.1) is 25.7 Å². The van der Waals surface area contributed by atoms with Crippen molar-refractivity contribution in [2.24, 2.45) is 5.41 Å². The second-order valence-corrected chi connectivity index (χ2v) is 9.81. The van der Waals surface area contributed by atoms with Gasteiger partial charge in [-0.15, -0.1) is 0 Å². The normalized spacial score (nSPS) is 14.7. The van der Waals surface area contributed by atoms with Crippen molar-refractivity contribution in [2.75, 3.05) is 20.8 Å². The monoisotopic (exact) mass is 460 g/mol. The maximum absolute atomic E-state index is 12.5. The number of carbonyl (C=O) groups excluding carboxylic acids is 2. The Morgan fingerprint density at radius 1 is 0.938 bits per heavy atom. The third kappa shape index (κ3) is 4.29. The molecule has 0 aromatic heterocycles. The van der Waals surface area contributed by atoms with Crippen LogP contribution in [0.15, 0.2) is 35.2 Å². The zero-order valence-corrected chi connectivity index (χ0v) is 19.8. The SMILES string of the molecule is COC(=O)C1(C(=O)OC)Cc2c(C)cc(CCOS(=O)(=O)c3ccc(C)cc3)c(C)c2C1. The molecule has 0 N–H and O–H groups in total. The zero-order valence-electron chi connectivity index (χ0n) is 19.0. The number of ether oxygens (including phenoxy) is 2. The highest BCUT2D eigenvalue weighted by Gasteiger charge is 2.53. The van der Waals surface area contributed by atoms with Gasteiger partial charge in [0.1, 0.15) is 0 Å². The van der Waals surface area contributed by atoms with Gasteiger partial charge in [0, 0.05) is 12.8 Å². The Hall–Kier alpha value is -2.71. The standard InChI is InChI=1S/C24H28O7S/c1-15-6-8-19(9-7-15)32(27,28)31-11-10-18-12-16(2)20-13-24(22(25)29-4,23(26)30-5)14-21(20)17(18)3/h6-9,12H,10-11,13-14H2,1-5H3. The lowest BCUT2D eigenvalue weighted by atomic mass is 9.84. The molecule has 0 heterocycles. The summed E-state index contributed by atoms with van der Waals surface area (Å²) in [4.78, 5) is 25.2. The lowest BCUT2D eigenvalue weighted by molar-refractivity contribution is -0.168. The number of esters is 2. The van der Waals surface area contributed by atoms with Gasteiger partial charge in [0.2, 0.25) is 0 Å². The molecule has 1 aliphatic rings. The number of rotatable bonds is 7. The third-order valence-corrected chi connectivity index (χ3v) is 7.52. The van der Waals surface area contributed by atoms with Gasteiger partial charge < -0.3 is 9.47 Å². The number of carbonyl (C=O) groups is 2. The van der Waals surface area contributed by atoms with E-state index in [0.717, 1.165) is 33.4 Å². The Morgan fingerprint density at radius 2 is 1.50 bits per heavy atom. The van der Waals surface area contributed by atoms with Crippen molar-refractivity contribution in [2.45, 2.75) is 44.9 Å². The van der Waals surface area contributed by atoms with Crippen molar-refractivity contribution in [3.8, 4) is 0 Å². The summed E-state index contributed by atoms with van der Waals surface area (Å²) in [5.41, 5.74) is 4.14. The largest absolute Gasteiger partial charge is 0.468 e. The molecule has 0 fully saturated rings. The summed E-state index contributed by atoms with van der Waals surface area (Å²) in [5, 5.41) is 0. The molecule has 0 atom stereocenters. The van der Waals surface area contributed by atoms with E-state index in [2.05, 4.69) is 0 Å². The molecule has 2 aromatic carbocycles. The lowest BCUT2D eigenvalue weighted by Gasteiger charge is -2.22. The van der Waals surface area contributed by atoms with E-state index in [1.807, 2.05) is 26.8 Å². The van der Waals surface area contributed by atoms with Crippen LogP contribution in [0, 0.1) is 26.2 Å². The molecule has 0 bridgehead atoms. The molecule has 2 aromatic rings. The molecule has 0 amide bonds. The van der Waals surface area contributed by atoms with Crippen LogP contribution in [-0.2, 0) is 52.6 Å². The van der Waals surface area contributed by atoms with Gasteiger partial charge in [-0.05, 0) is 67.1 Å². The van der Waals surface area contributed by atoms with E-state index in [1.165, 1.54) is 26.4 Å². The van der Waals surface area contributed by atoms with E-state index in [-0.39, 0.29) is 24.3 Å². The Kier molecular flexibility index (Phi) is 6.76. The minimum Gasteiger partial charge on any atom is -0.468 e. The summed E-state index contributed by atoms with van der Waals surface area (Å²) in [6.45, 7) is 5.68. The maximum Gasteiger partial charge on any atom is 0.323 e. The topological polar surface area (TPSA) is 96.0 Å². The van der Waals surface area contributed by atoms with Crippen LogP contribution >= 0.6 is 0 Å². The first-order valence-corrected chi connectivity index (χ1v) is 11.7. The molecular weight excluding hydrogens is 432 g/mol. The Morgan fingerprint density at radius 3 is 2.06 bits per heavy atom. The van der Waals surface area contributed by atoms with Crippen molar-refractivity contribution in [1.29, 1.82) is 0 Å². The second-order valence-electron chi connectivity index (χ2n) is 8.19. The molecule has 7 nitrogen and oxygen atoms in total. The van der Waals surface area contributed by atoms with Gasteiger partial charge in [-0.1, -0.05) is 23.8 Å². The molecule has 8 heteroatoms. The summed E-state index contributed by atoms with van der Waals surface area (Å²) in [6, 6.07) is 8.45. The van der Waals surface area contributed by atoms with E-state index in [4.69, 9.17) is 13.7 Å². The first-order valence-electron chi connectivity index (χ1n) is 10.3. The average Bonchev–Trinajstić information content (AvgIpc) is 3.19. The van der Waals surface area contributed by atoms with Crippen LogP contribution in [0.1, 0.15) is 33.4 Å². The van der Waals surface area contributed by atoms with Crippen LogP contribution in [0.4, 0.5) is 0 Å². The fourth-order valence-electron chi connectivity index (χ4n) is 4.32. The fourth-order valence-corrected chi connectivity index (χ4v) is 5.23. The smallest absolute Gasteiger partial charge is 0.323 e. The van der Waals surface area contributed by atoms with E-state index in [9.17, 15) is 18.0 Å². The van der Waals surface area contributed by atoms with E-state index in [1.54, 1.807) is 12.1 Å². The highest BCUT2D eigenvalue weighted by Crippen LogP contribution is 2.43. The zero-order chi connectivity index (χ0) is 23.7. The highest BCUT2D eigenvalue weighted by atomic mass is 32.2. The number of fused-ring (bicyclic) bond motifs is 1. The molecule has 0 aliphatic heterocycles. The maximum atomic E-state index is 12.5. The van der Waals surface area contributed by atoms with Crippen LogP contribution in [0.2, 0.25) is 0 Å². The van der Waals surface area contributed by atoms with Crippen LogP contribution in [0.3, 0.4) is 0 Å². The number of aryl methyl sites for hydroxylation is 2. The molecule has 32 heavy (non-hydrogen) atoms. The van der Waals surface area contributed by atoms with Crippen LogP contribution in [0.25, 0.3) is 0 Å². The van der Waals surface area contributed by atoms with Gasteiger partial charge in [-0.25, -0.2) is 0 Å². The number of hydrogen-bond donors (Lipinski definition) is 0. The van der Waals surface area contributed by atoms with Gasteiger partial charge in [0.15, 0.2) is 5.41 Å². The molecule has 0 saturated heterocycles. The first kappa shape index (κ1) is 23.9. The van der Waals surface area contributed by atoms with E-state index in [0.29, 0.717) is 6.42 Å². The summed E-state index contributed by atoms with van der Waals surface area (Å²) in [7, 11) is -1.34. The van der Waals surface area contributed by atoms with Gasteiger partial charge >= 0.3 is 11.9 Å². The molecule has 1 aliphatic carbocycles. The highest BCUT2D eigenvalue weighted by molar-refractivity contribution is 7.86. The van der Waals surface area contributed by atoms with Gasteiger partial charge in [-0.3, -0.25) is 13.8 Å². The van der Waals surface area contributed by atoms with Crippen molar-refractivity contribution in [3.63, 3.8) is 0 Å². The molecule has 0 saturated carbocycles. The van der Waals surface area contributed by atoms with E-state index >= 15 is 0 Å².